The first-order valence-corrected chi connectivity index (χ1v) is 11.6. The number of nitrogens with zero attached hydrogens (tertiary/aromatic N) is 2. The molecule has 2 fully saturated rings. The minimum absolute atomic E-state index is 0.140. The monoisotopic (exact) mass is 407 g/mol. The summed E-state index contributed by atoms with van der Waals surface area (Å²) in [5.41, 5.74) is 0.320. The Morgan fingerprint density at radius 1 is 1.00 bits per heavy atom. The van der Waals surface area contributed by atoms with Gasteiger partial charge in [0.25, 0.3) is 5.91 Å². The number of sulfonamides is 1. The SMILES string of the molecule is O=C(NCCN1CCCCCC1=O)c1cccc(S(=O)(=O)N2CCCCC2)c1. The van der Waals surface area contributed by atoms with E-state index >= 15 is 0 Å². The van der Waals surface area contributed by atoms with Crippen molar-refractivity contribution in [2.75, 3.05) is 32.7 Å². The van der Waals surface area contributed by atoms with Gasteiger partial charge in [-0.25, -0.2) is 8.42 Å². The zero-order valence-corrected chi connectivity index (χ0v) is 17.0. The Morgan fingerprint density at radius 3 is 2.50 bits per heavy atom. The van der Waals surface area contributed by atoms with Crippen LogP contribution in [0.15, 0.2) is 29.2 Å². The fourth-order valence-electron chi connectivity index (χ4n) is 3.73. The molecule has 28 heavy (non-hydrogen) atoms. The third-order valence-electron chi connectivity index (χ3n) is 5.39. The Morgan fingerprint density at radius 2 is 1.71 bits per heavy atom. The van der Waals surface area contributed by atoms with Crippen molar-refractivity contribution in [1.29, 1.82) is 0 Å². The van der Waals surface area contributed by atoms with Crippen LogP contribution in [0.25, 0.3) is 0 Å². The van der Waals surface area contributed by atoms with Gasteiger partial charge in [-0.15, -0.1) is 0 Å². The minimum Gasteiger partial charge on any atom is -0.350 e. The van der Waals surface area contributed by atoms with Gasteiger partial charge in [0.1, 0.15) is 0 Å². The van der Waals surface area contributed by atoms with Crippen molar-refractivity contribution in [3.8, 4) is 0 Å². The molecule has 0 saturated carbocycles. The predicted molar refractivity (Wildman–Crippen MR) is 106 cm³/mol. The number of rotatable bonds is 6. The molecule has 2 amide bonds. The smallest absolute Gasteiger partial charge is 0.251 e. The summed E-state index contributed by atoms with van der Waals surface area (Å²) in [7, 11) is -3.57. The lowest BCUT2D eigenvalue weighted by Crippen LogP contribution is -2.38. The molecule has 2 saturated heterocycles. The van der Waals surface area contributed by atoms with E-state index in [2.05, 4.69) is 5.32 Å². The minimum atomic E-state index is -3.57. The number of carbonyl (C=O) groups is 2. The van der Waals surface area contributed by atoms with Gasteiger partial charge in [-0.2, -0.15) is 4.31 Å². The molecule has 0 bridgehead atoms. The van der Waals surface area contributed by atoms with Crippen molar-refractivity contribution >= 4 is 21.8 Å². The summed E-state index contributed by atoms with van der Waals surface area (Å²) in [6, 6.07) is 6.19. The maximum atomic E-state index is 12.8. The van der Waals surface area contributed by atoms with Gasteiger partial charge in [0.05, 0.1) is 4.90 Å². The summed E-state index contributed by atoms with van der Waals surface area (Å²) >= 11 is 0. The van der Waals surface area contributed by atoms with E-state index in [1.54, 1.807) is 17.0 Å². The van der Waals surface area contributed by atoms with E-state index in [0.717, 1.165) is 45.1 Å². The predicted octanol–water partition coefficient (Wildman–Crippen LogP) is 1.99. The highest BCUT2D eigenvalue weighted by Crippen LogP contribution is 2.21. The Balaban J connectivity index is 1.60. The van der Waals surface area contributed by atoms with Gasteiger partial charge >= 0.3 is 0 Å². The van der Waals surface area contributed by atoms with Crippen LogP contribution < -0.4 is 5.32 Å². The van der Waals surface area contributed by atoms with Crippen molar-refractivity contribution < 1.29 is 18.0 Å². The molecule has 2 heterocycles. The van der Waals surface area contributed by atoms with Gasteiger partial charge in [-0.05, 0) is 43.9 Å². The van der Waals surface area contributed by atoms with E-state index in [4.69, 9.17) is 0 Å². The number of likely N-dealkylation sites (tertiary alicyclic amines) is 1. The molecule has 1 aromatic rings. The van der Waals surface area contributed by atoms with Crippen LogP contribution in [0.3, 0.4) is 0 Å². The van der Waals surface area contributed by atoms with Crippen LogP contribution in [0.4, 0.5) is 0 Å². The molecule has 1 N–H and O–H groups in total. The van der Waals surface area contributed by atoms with Crippen molar-refractivity contribution in [1.82, 2.24) is 14.5 Å². The van der Waals surface area contributed by atoms with Crippen LogP contribution in [0.5, 0.6) is 0 Å². The number of nitrogens with one attached hydrogen (secondary N) is 1. The lowest BCUT2D eigenvalue weighted by atomic mass is 10.2. The molecule has 0 aromatic heterocycles. The summed E-state index contributed by atoms with van der Waals surface area (Å²) < 4.78 is 27.1. The van der Waals surface area contributed by atoms with Gasteiger partial charge in [-0.3, -0.25) is 9.59 Å². The van der Waals surface area contributed by atoms with E-state index in [0.29, 0.717) is 38.2 Å². The van der Waals surface area contributed by atoms with Crippen LogP contribution in [0, 0.1) is 0 Å². The van der Waals surface area contributed by atoms with Gasteiger partial charge in [0, 0.05) is 44.7 Å². The second-order valence-corrected chi connectivity index (χ2v) is 9.38. The van der Waals surface area contributed by atoms with Crippen LogP contribution in [0.1, 0.15) is 55.3 Å². The van der Waals surface area contributed by atoms with E-state index in [9.17, 15) is 18.0 Å². The third kappa shape index (κ3) is 5.11. The lowest BCUT2D eigenvalue weighted by molar-refractivity contribution is -0.130. The second kappa shape index (κ2) is 9.52. The van der Waals surface area contributed by atoms with Gasteiger partial charge in [0.15, 0.2) is 0 Å². The second-order valence-electron chi connectivity index (χ2n) is 7.44. The Bertz CT molecular complexity index is 803. The van der Waals surface area contributed by atoms with E-state index in [1.807, 2.05) is 0 Å². The largest absolute Gasteiger partial charge is 0.350 e. The van der Waals surface area contributed by atoms with Crippen LogP contribution in [-0.2, 0) is 14.8 Å². The molecule has 2 aliphatic rings. The van der Waals surface area contributed by atoms with E-state index in [1.165, 1.54) is 16.4 Å². The molecular weight excluding hydrogens is 378 g/mol. The van der Waals surface area contributed by atoms with Crippen LogP contribution in [-0.4, -0.2) is 62.2 Å². The van der Waals surface area contributed by atoms with Crippen molar-refractivity contribution in [2.24, 2.45) is 0 Å². The van der Waals surface area contributed by atoms with Crippen molar-refractivity contribution in [2.45, 2.75) is 49.8 Å². The molecule has 0 unspecified atom stereocenters. The number of amides is 2. The highest BCUT2D eigenvalue weighted by atomic mass is 32.2. The number of carbonyl (C=O) groups excluding carboxylic acids is 2. The molecule has 1 aromatic carbocycles. The van der Waals surface area contributed by atoms with E-state index < -0.39 is 10.0 Å². The zero-order valence-electron chi connectivity index (χ0n) is 16.2. The number of hydrogen-bond donors (Lipinski definition) is 1. The standard InChI is InChI=1S/C20H29N3O4S/c24-19-10-3-1-4-12-22(19)15-11-21-20(25)17-8-7-9-18(16-17)28(26,27)23-13-5-2-6-14-23/h7-9,16H,1-6,10-15H2,(H,21,25). The summed E-state index contributed by atoms with van der Waals surface area (Å²) in [6.07, 6.45) is 6.35. The molecule has 0 aliphatic carbocycles. The normalized spacial score (nSPS) is 19.3. The summed E-state index contributed by atoms with van der Waals surface area (Å²) in [5.74, 6) is -0.181. The van der Waals surface area contributed by atoms with Gasteiger partial charge in [0.2, 0.25) is 15.9 Å². The summed E-state index contributed by atoms with van der Waals surface area (Å²) in [4.78, 5) is 26.4. The first kappa shape index (κ1) is 20.8. The Labute approximate surface area is 167 Å². The maximum absolute atomic E-state index is 12.8. The molecular formula is C20H29N3O4S. The van der Waals surface area contributed by atoms with Gasteiger partial charge < -0.3 is 10.2 Å². The number of piperidine rings is 1. The average Bonchev–Trinajstić information content (AvgIpc) is 2.93. The van der Waals surface area contributed by atoms with Gasteiger partial charge in [-0.1, -0.05) is 18.9 Å². The topological polar surface area (TPSA) is 86.8 Å². The average molecular weight is 408 g/mol. The maximum Gasteiger partial charge on any atom is 0.251 e. The fourth-order valence-corrected chi connectivity index (χ4v) is 5.30. The summed E-state index contributed by atoms with van der Waals surface area (Å²) in [5, 5.41) is 2.80. The molecule has 7 nitrogen and oxygen atoms in total. The summed E-state index contributed by atoms with van der Waals surface area (Å²) in [6.45, 7) is 2.63. The zero-order chi connectivity index (χ0) is 20.0. The van der Waals surface area contributed by atoms with Crippen molar-refractivity contribution in [3.63, 3.8) is 0 Å². The molecule has 154 valence electrons. The van der Waals surface area contributed by atoms with E-state index in [-0.39, 0.29) is 16.7 Å². The first-order chi connectivity index (χ1) is 13.5. The fraction of sp³-hybridized carbons (Fsp3) is 0.600. The molecule has 0 radical (unpaired) electrons. The van der Waals surface area contributed by atoms with Crippen LogP contribution >= 0.6 is 0 Å². The lowest BCUT2D eigenvalue weighted by Gasteiger charge is -2.26. The highest BCUT2D eigenvalue weighted by molar-refractivity contribution is 7.89. The third-order valence-corrected chi connectivity index (χ3v) is 7.28. The number of hydrogen-bond acceptors (Lipinski definition) is 4. The number of benzene rings is 1. The van der Waals surface area contributed by atoms with Crippen LogP contribution in [0.2, 0.25) is 0 Å². The van der Waals surface area contributed by atoms with Crippen molar-refractivity contribution in [3.05, 3.63) is 29.8 Å². The molecule has 0 spiro atoms. The Kier molecular flexibility index (Phi) is 7.07. The quantitative estimate of drug-likeness (QED) is 0.781. The molecule has 0 atom stereocenters. The molecule has 2 aliphatic heterocycles. The first-order valence-electron chi connectivity index (χ1n) is 10.1. The Hall–Kier alpha value is -1.93. The molecule has 8 heteroatoms. The molecule has 3 rings (SSSR count). The highest BCUT2D eigenvalue weighted by Gasteiger charge is 2.26.